The van der Waals surface area contributed by atoms with E-state index in [1.54, 1.807) is 0 Å². The van der Waals surface area contributed by atoms with E-state index < -0.39 is 0 Å². The van der Waals surface area contributed by atoms with E-state index in [4.69, 9.17) is 9.15 Å². The van der Waals surface area contributed by atoms with Gasteiger partial charge in [-0.15, -0.1) is 0 Å². The molecule has 1 aliphatic rings. The van der Waals surface area contributed by atoms with E-state index >= 15 is 0 Å². The number of furan rings is 1. The van der Waals surface area contributed by atoms with Crippen LogP contribution in [-0.4, -0.2) is 20.3 Å². The molecular weight excluding hydrogens is 214 g/mol. The monoisotopic (exact) mass is 237 g/mol. The SMILES string of the molecule is CCc1occc1C(CC1CCOCC1)NC. The summed E-state index contributed by atoms with van der Waals surface area (Å²) in [6, 6.07) is 2.53. The molecule has 17 heavy (non-hydrogen) atoms. The number of nitrogens with one attached hydrogen (secondary N) is 1. The lowest BCUT2D eigenvalue weighted by molar-refractivity contribution is 0.0607. The maximum absolute atomic E-state index is 5.52. The Morgan fingerprint density at radius 3 is 2.82 bits per heavy atom. The molecule has 0 amide bonds. The molecule has 1 aliphatic heterocycles. The maximum atomic E-state index is 5.52. The molecule has 0 radical (unpaired) electrons. The van der Waals surface area contributed by atoms with Crippen LogP contribution in [0.25, 0.3) is 0 Å². The normalized spacial score (nSPS) is 19.4. The minimum Gasteiger partial charge on any atom is -0.469 e. The predicted octanol–water partition coefficient (Wildman–Crippen LogP) is 2.92. The summed E-state index contributed by atoms with van der Waals surface area (Å²) in [5.74, 6) is 1.90. The van der Waals surface area contributed by atoms with Crippen LogP contribution in [0.4, 0.5) is 0 Å². The first kappa shape index (κ1) is 12.7. The van der Waals surface area contributed by atoms with Crippen molar-refractivity contribution >= 4 is 0 Å². The average Bonchev–Trinajstić information content (AvgIpc) is 2.85. The Kier molecular flexibility index (Phi) is 4.63. The van der Waals surface area contributed by atoms with Gasteiger partial charge >= 0.3 is 0 Å². The number of aryl methyl sites for hydroxylation is 1. The number of hydrogen-bond acceptors (Lipinski definition) is 3. The largest absolute Gasteiger partial charge is 0.469 e. The first-order valence-corrected chi connectivity index (χ1v) is 6.66. The fourth-order valence-corrected chi connectivity index (χ4v) is 2.66. The Hall–Kier alpha value is -0.800. The summed E-state index contributed by atoms with van der Waals surface area (Å²) in [6.07, 6.45) is 6.35. The van der Waals surface area contributed by atoms with E-state index in [2.05, 4.69) is 18.3 Å². The van der Waals surface area contributed by atoms with Gasteiger partial charge in [-0.3, -0.25) is 0 Å². The van der Waals surface area contributed by atoms with Crippen molar-refractivity contribution in [2.45, 2.75) is 38.6 Å². The summed E-state index contributed by atoms with van der Waals surface area (Å²) >= 11 is 0. The average molecular weight is 237 g/mol. The molecule has 1 aromatic rings. The molecule has 1 aromatic heterocycles. The van der Waals surface area contributed by atoms with Gasteiger partial charge in [0, 0.05) is 31.2 Å². The van der Waals surface area contributed by atoms with Crippen molar-refractivity contribution in [3.8, 4) is 0 Å². The zero-order valence-corrected chi connectivity index (χ0v) is 10.9. The van der Waals surface area contributed by atoms with E-state index in [0.717, 1.165) is 31.3 Å². The predicted molar refractivity (Wildman–Crippen MR) is 68.0 cm³/mol. The molecule has 0 bridgehead atoms. The molecular formula is C14H23NO2. The van der Waals surface area contributed by atoms with Gasteiger partial charge in [-0.05, 0) is 38.3 Å². The Balaban J connectivity index is 2.00. The van der Waals surface area contributed by atoms with Crippen molar-refractivity contribution < 1.29 is 9.15 Å². The van der Waals surface area contributed by atoms with Crippen LogP contribution in [0.15, 0.2) is 16.7 Å². The highest BCUT2D eigenvalue weighted by molar-refractivity contribution is 5.21. The van der Waals surface area contributed by atoms with Gasteiger partial charge in [0.15, 0.2) is 0 Å². The van der Waals surface area contributed by atoms with Crippen molar-refractivity contribution in [1.29, 1.82) is 0 Å². The van der Waals surface area contributed by atoms with Gasteiger partial charge in [0.1, 0.15) is 5.76 Å². The van der Waals surface area contributed by atoms with Crippen molar-refractivity contribution in [2.75, 3.05) is 20.3 Å². The molecule has 3 nitrogen and oxygen atoms in total. The number of hydrogen-bond donors (Lipinski definition) is 1. The van der Waals surface area contributed by atoms with Crippen molar-refractivity contribution in [2.24, 2.45) is 5.92 Å². The first-order chi connectivity index (χ1) is 8.35. The van der Waals surface area contributed by atoms with Crippen LogP contribution in [0.5, 0.6) is 0 Å². The second kappa shape index (κ2) is 6.22. The van der Waals surface area contributed by atoms with Crippen molar-refractivity contribution in [3.05, 3.63) is 23.7 Å². The Morgan fingerprint density at radius 2 is 2.18 bits per heavy atom. The second-order valence-corrected chi connectivity index (χ2v) is 4.79. The van der Waals surface area contributed by atoms with E-state index in [-0.39, 0.29) is 0 Å². The smallest absolute Gasteiger partial charge is 0.108 e. The quantitative estimate of drug-likeness (QED) is 0.855. The summed E-state index contributed by atoms with van der Waals surface area (Å²) in [7, 11) is 2.04. The maximum Gasteiger partial charge on any atom is 0.108 e. The third-order valence-corrected chi connectivity index (χ3v) is 3.73. The summed E-state index contributed by atoms with van der Waals surface area (Å²) in [6.45, 7) is 3.99. The molecule has 1 fully saturated rings. The topological polar surface area (TPSA) is 34.4 Å². The third kappa shape index (κ3) is 3.11. The minimum absolute atomic E-state index is 0.423. The lowest BCUT2D eigenvalue weighted by atomic mass is 9.89. The van der Waals surface area contributed by atoms with Gasteiger partial charge in [0.25, 0.3) is 0 Å². The van der Waals surface area contributed by atoms with Crippen molar-refractivity contribution in [3.63, 3.8) is 0 Å². The highest BCUT2D eigenvalue weighted by Crippen LogP contribution is 2.29. The molecule has 96 valence electrons. The summed E-state index contributed by atoms with van der Waals surface area (Å²) in [4.78, 5) is 0. The van der Waals surface area contributed by atoms with Crippen LogP contribution in [-0.2, 0) is 11.2 Å². The van der Waals surface area contributed by atoms with Crippen LogP contribution in [0, 0.1) is 5.92 Å². The molecule has 0 aromatic carbocycles. The molecule has 1 saturated heterocycles. The minimum atomic E-state index is 0.423. The van der Waals surface area contributed by atoms with E-state index in [1.807, 2.05) is 13.3 Å². The molecule has 0 aliphatic carbocycles. The third-order valence-electron chi connectivity index (χ3n) is 3.73. The van der Waals surface area contributed by atoms with Gasteiger partial charge in [-0.2, -0.15) is 0 Å². The fourth-order valence-electron chi connectivity index (χ4n) is 2.66. The van der Waals surface area contributed by atoms with Gasteiger partial charge in [-0.25, -0.2) is 0 Å². The Bertz CT molecular complexity index is 329. The van der Waals surface area contributed by atoms with Crippen molar-refractivity contribution in [1.82, 2.24) is 5.32 Å². The summed E-state index contributed by atoms with van der Waals surface area (Å²) in [5, 5.41) is 3.43. The van der Waals surface area contributed by atoms with E-state index in [1.165, 1.54) is 24.8 Å². The van der Waals surface area contributed by atoms with Crippen LogP contribution >= 0.6 is 0 Å². The highest BCUT2D eigenvalue weighted by Gasteiger charge is 2.22. The molecule has 0 saturated carbocycles. The second-order valence-electron chi connectivity index (χ2n) is 4.79. The summed E-state index contributed by atoms with van der Waals surface area (Å²) < 4.78 is 10.9. The molecule has 1 unspecified atom stereocenters. The fraction of sp³-hybridized carbons (Fsp3) is 0.714. The van der Waals surface area contributed by atoms with Gasteiger partial charge < -0.3 is 14.5 Å². The number of rotatable bonds is 5. The first-order valence-electron chi connectivity index (χ1n) is 6.66. The molecule has 2 rings (SSSR count). The van der Waals surface area contributed by atoms with Gasteiger partial charge in [-0.1, -0.05) is 6.92 Å². The Morgan fingerprint density at radius 1 is 1.41 bits per heavy atom. The summed E-state index contributed by atoms with van der Waals surface area (Å²) in [5.41, 5.74) is 1.33. The molecule has 2 heterocycles. The lowest BCUT2D eigenvalue weighted by Gasteiger charge is -2.26. The highest BCUT2D eigenvalue weighted by atomic mass is 16.5. The molecule has 1 atom stereocenters. The van der Waals surface area contributed by atoms with Gasteiger partial charge in [0.05, 0.1) is 6.26 Å². The molecule has 1 N–H and O–H groups in total. The molecule has 3 heteroatoms. The number of ether oxygens (including phenoxy) is 1. The van der Waals surface area contributed by atoms with E-state index in [9.17, 15) is 0 Å². The lowest BCUT2D eigenvalue weighted by Crippen LogP contribution is -2.24. The van der Waals surface area contributed by atoms with E-state index in [0.29, 0.717) is 6.04 Å². The van der Waals surface area contributed by atoms with Crippen LogP contribution in [0.3, 0.4) is 0 Å². The van der Waals surface area contributed by atoms with Crippen LogP contribution < -0.4 is 5.32 Å². The molecule has 0 spiro atoms. The standard InChI is InChI=1S/C14H23NO2/c1-3-14-12(6-9-17-14)13(15-2)10-11-4-7-16-8-5-11/h6,9,11,13,15H,3-5,7-8,10H2,1-2H3. The Labute approximate surface area is 104 Å². The van der Waals surface area contributed by atoms with Gasteiger partial charge in [0.2, 0.25) is 0 Å². The zero-order chi connectivity index (χ0) is 12.1. The zero-order valence-electron chi connectivity index (χ0n) is 10.9. The van der Waals surface area contributed by atoms with Crippen LogP contribution in [0.2, 0.25) is 0 Å². The van der Waals surface area contributed by atoms with Crippen LogP contribution in [0.1, 0.15) is 43.6 Å².